The number of ether oxygens (including phenoxy) is 3. The Morgan fingerprint density at radius 1 is 0.333 bits per heavy atom. The topological polar surface area (TPSA) is 78.9 Å². The molecule has 0 aliphatic heterocycles. The largest absolute Gasteiger partial charge is 0.462 e. The van der Waals surface area contributed by atoms with Crippen molar-refractivity contribution in [1.82, 2.24) is 0 Å². The Morgan fingerprint density at radius 2 is 0.635 bits per heavy atom. The molecule has 1 atom stereocenters. The van der Waals surface area contributed by atoms with Crippen LogP contribution in [0.4, 0.5) is 0 Å². The third-order valence-corrected chi connectivity index (χ3v) is 9.62. The van der Waals surface area contributed by atoms with E-state index >= 15 is 0 Å². The Morgan fingerprint density at radius 3 is 1.03 bits per heavy atom. The summed E-state index contributed by atoms with van der Waals surface area (Å²) < 4.78 is 16.6. The van der Waals surface area contributed by atoms with Gasteiger partial charge in [0.25, 0.3) is 0 Å². The van der Waals surface area contributed by atoms with E-state index in [-0.39, 0.29) is 50.4 Å². The zero-order valence-electron chi connectivity index (χ0n) is 40.0. The van der Waals surface area contributed by atoms with Crippen LogP contribution < -0.4 is 0 Å². The van der Waals surface area contributed by atoms with E-state index in [2.05, 4.69) is 154 Å². The lowest BCUT2D eigenvalue weighted by Gasteiger charge is -2.18. The number of carbonyl (C=O) groups is 3. The molecule has 0 N–H and O–H groups in total. The first kappa shape index (κ1) is 58.6. The van der Waals surface area contributed by atoms with E-state index in [4.69, 9.17) is 14.2 Å². The molecular formula is C57H88O6. The van der Waals surface area contributed by atoms with Gasteiger partial charge in [0.2, 0.25) is 0 Å². The zero-order chi connectivity index (χ0) is 45.8. The molecular weight excluding hydrogens is 781 g/mol. The van der Waals surface area contributed by atoms with Crippen molar-refractivity contribution in [2.24, 2.45) is 0 Å². The van der Waals surface area contributed by atoms with Crippen molar-refractivity contribution in [3.8, 4) is 0 Å². The molecule has 0 aliphatic carbocycles. The number of hydrogen-bond donors (Lipinski definition) is 0. The molecule has 6 nitrogen and oxygen atoms in total. The SMILES string of the molecule is CC/C=C\C/C=C\C/C=C\C/C=C\CCCCCC(=O)OC(COC(=O)CCC/C=C\C/C=C\C/C=C\C/C=C\CCCCC)COC(=O)CCCC/C=C\C/C=C\C/C=C\CC. The van der Waals surface area contributed by atoms with E-state index in [1.54, 1.807) is 0 Å². The second-order valence-electron chi connectivity index (χ2n) is 15.6. The van der Waals surface area contributed by atoms with Crippen LogP contribution in [0.25, 0.3) is 0 Å². The highest BCUT2D eigenvalue weighted by Gasteiger charge is 2.19. The lowest BCUT2D eigenvalue weighted by molar-refractivity contribution is -0.167. The molecule has 352 valence electrons. The molecule has 6 heteroatoms. The van der Waals surface area contributed by atoms with E-state index in [0.29, 0.717) is 19.3 Å². The third-order valence-electron chi connectivity index (χ3n) is 9.62. The van der Waals surface area contributed by atoms with Crippen LogP contribution in [0.3, 0.4) is 0 Å². The fourth-order valence-corrected chi connectivity index (χ4v) is 5.97. The fourth-order valence-electron chi connectivity index (χ4n) is 5.97. The molecule has 0 rings (SSSR count). The fraction of sp³-hybridized carbons (Fsp3) is 0.561. The Kier molecular flexibility index (Phi) is 46.7. The maximum Gasteiger partial charge on any atom is 0.306 e. The molecule has 0 radical (unpaired) electrons. The first-order valence-corrected chi connectivity index (χ1v) is 24.7. The number of hydrogen-bond acceptors (Lipinski definition) is 6. The van der Waals surface area contributed by atoms with Crippen LogP contribution in [0.2, 0.25) is 0 Å². The molecule has 0 fully saturated rings. The normalized spacial score (nSPS) is 13.3. The van der Waals surface area contributed by atoms with Gasteiger partial charge in [0, 0.05) is 19.3 Å². The average molecular weight is 869 g/mol. The molecule has 0 aliphatic rings. The highest BCUT2D eigenvalue weighted by molar-refractivity contribution is 5.71. The van der Waals surface area contributed by atoms with Crippen molar-refractivity contribution in [2.45, 2.75) is 194 Å². The summed E-state index contributed by atoms with van der Waals surface area (Å²) in [7, 11) is 0. The lowest BCUT2D eigenvalue weighted by Crippen LogP contribution is -2.30. The van der Waals surface area contributed by atoms with Gasteiger partial charge < -0.3 is 14.2 Å². The predicted molar refractivity (Wildman–Crippen MR) is 269 cm³/mol. The zero-order valence-corrected chi connectivity index (χ0v) is 40.0. The first-order chi connectivity index (χ1) is 31.0. The minimum Gasteiger partial charge on any atom is -0.462 e. The second kappa shape index (κ2) is 50.2. The summed E-state index contributed by atoms with van der Waals surface area (Å²) in [5, 5.41) is 0. The summed E-state index contributed by atoms with van der Waals surface area (Å²) in [4.78, 5) is 37.9. The van der Waals surface area contributed by atoms with E-state index < -0.39 is 6.10 Å². The van der Waals surface area contributed by atoms with Gasteiger partial charge in [-0.3, -0.25) is 14.4 Å². The van der Waals surface area contributed by atoms with E-state index in [1.165, 1.54) is 25.7 Å². The van der Waals surface area contributed by atoms with Crippen LogP contribution in [0.1, 0.15) is 188 Å². The summed E-state index contributed by atoms with van der Waals surface area (Å²) in [5.74, 6) is -1.07. The summed E-state index contributed by atoms with van der Waals surface area (Å²) in [6.07, 6.45) is 70.1. The first-order valence-electron chi connectivity index (χ1n) is 24.7. The van der Waals surface area contributed by atoms with Crippen LogP contribution in [-0.4, -0.2) is 37.2 Å². The average Bonchev–Trinajstić information content (AvgIpc) is 3.28. The molecule has 0 aromatic heterocycles. The van der Waals surface area contributed by atoms with Crippen molar-refractivity contribution in [3.05, 3.63) is 134 Å². The van der Waals surface area contributed by atoms with Crippen LogP contribution in [-0.2, 0) is 28.6 Å². The molecule has 0 aromatic carbocycles. The van der Waals surface area contributed by atoms with E-state index in [1.807, 2.05) is 0 Å². The highest BCUT2D eigenvalue weighted by Crippen LogP contribution is 2.10. The van der Waals surface area contributed by atoms with Gasteiger partial charge in [0.1, 0.15) is 13.2 Å². The van der Waals surface area contributed by atoms with E-state index in [0.717, 1.165) is 103 Å². The van der Waals surface area contributed by atoms with Gasteiger partial charge in [-0.2, -0.15) is 0 Å². The maximum absolute atomic E-state index is 12.8. The van der Waals surface area contributed by atoms with Crippen LogP contribution in [0, 0.1) is 0 Å². The monoisotopic (exact) mass is 869 g/mol. The number of rotatable bonds is 42. The number of allylic oxidation sites excluding steroid dienone is 22. The van der Waals surface area contributed by atoms with Gasteiger partial charge in [-0.1, -0.05) is 174 Å². The molecule has 0 spiro atoms. The number of carbonyl (C=O) groups excluding carboxylic acids is 3. The molecule has 0 saturated heterocycles. The summed E-state index contributed by atoms with van der Waals surface area (Å²) in [5.41, 5.74) is 0. The van der Waals surface area contributed by atoms with Crippen molar-refractivity contribution in [1.29, 1.82) is 0 Å². The Hall–Kier alpha value is -4.45. The smallest absolute Gasteiger partial charge is 0.306 e. The van der Waals surface area contributed by atoms with Crippen molar-refractivity contribution in [2.75, 3.05) is 13.2 Å². The second-order valence-corrected chi connectivity index (χ2v) is 15.6. The molecule has 0 amide bonds. The highest BCUT2D eigenvalue weighted by atomic mass is 16.6. The summed E-state index contributed by atoms with van der Waals surface area (Å²) in [6.45, 7) is 6.24. The van der Waals surface area contributed by atoms with Gasteiger partial charge in [0.05, 0.1) is 0 Å². The minimum absolute atomic E-state index is 0.133. The minimum atomic E-state index is -0.836. The Labute approximate surface area is 385 Å². The molecule has 0 bridgehead atoms. The predicted octanol–water partition coefficient (Wildman–Crippen LogP) is 16.3. The van der Waals surface area contributed by atoms with Crippen LogP contribution in [0.5, 0.6) is 0 Å². The summed E-state index contributed by atoms with van der Waals surface area (Å²) in [6, 6.07) is 0. The van der Waals surface area contributed by atoms with Crippen molar-refractivity contribution < 1.29 is 28.6 Å². The number of esters is 3. The van der Waals surface area contributed by atoms with Gasteiger partial charge in [0.15, 0.2) is 6.10 Å². The van der Waals surface area contributed by atoms with Crippen molar-refractivity contribution >= 4 is 17.9 Å². The lowest BCUT2D eigenvalue weighted by atomic mass is 10.1. The van der Waals surface area contributed by atoms with E-state index in [9.17, 15) is 14.4 Å². The molecule has 63 heavy (non-hydrogen) atoms. The van der Waals surface area contributed by atoms with Gasteiger partial charge in [-0.15, -0.1) is 0 Å². The third kappa shape index (κ3) is 48.4. The van der Waals surface area contributed by atoms with Gasteiger partial charge >= 0.3 is 17.9 Å². The van der Waals surface area contributed by atoms with Crippen molar-refractivity contribution in [3.63, 3.8) is 0 Å². The summed E-state index contributed by atoms with van der Waals surface area (Å²) >= 11 is 0. The standard InChI is InChI=1S/C57H88O6/c1-4-7-10-13-16-19-22-25-27-29-31-32-35-38-41-44-47-50-56(59)62-53-54(52-61-55(58)49-46-43-40-37-34-24-21-18-15-12-9-6-3)63-57(60)51-48-45-42-39-36-33-30-28-26-23-20-17-14-11-8-5-2/h8-9,11-12,16-21,25-28,31-34,36-38,41,54H,4-7,10,13-15,22-24,29-30,35,39-40,42-53H2,1-3H3/b11-8-,12-9-,19-16-,20-17-,21-18-,27-25-,28-26-,32-31-,36-33-,37-34-,41-38-. The molecule has 1 unspecified atom stereocenters. The van der Waals surface area contributed by atoms with Crippen LogP contribution in [0.15, 0.2) is 134 Å². The Balaban J connectivity index is 4.61. The van der Waals surface area contributed by atoms with Gasteiger partial charge in [-0.25, -0.2) is 0 Å². The quantitative estimate of drug-likeness (QED) is 0.0263. The Bertz CT molecular complexity index is 1420. The van der Waals surface area contributed by atoms with Crippen LogP contribution >= 0.6 is 0 Å². The number of unbranched alkanes of at least 4 members (excludes halogenated alkanes) is 9. The maximum atomic E-state index is 12.8. The van der Waals surface area contributed by atoms with Gasteiger partial charge in [-0.05, 0) is 128 Å². The molecule has 0 aromatic rings. The molecule has 0 saturated carbocycles. The molecule has 0 heterocycles.